The normalized spacial score (nSPS) is 11.5. The van der Waals surface area contributed by atoms with Crippen LogP contribution in [0.5, 0.6) is 0 Å². The van der Waals surface area contributed by atoms with E-state index >= 15 is 0 Å². The van der Waals surface area contributed by atoms with Crippen LogP contribution in [-0.2, 0) is 13.1 Å². The summed E-state index contributed by atoms with van der Waals surface area (Å²) < 4.78 is 10.4. The van der Waals surface area contributed by atoms with Crippen LogP contribution in [0.15, 0.2) is 38.0 Å². The first-order valence-electron chi connectivity index (χ1n) is 7.57. The molecule has 0 bridgehead atoms. The van der Waals surface area contributed by atoms with Gasteiger partial charge in [0.1, 0.15) is 11.3 Å². The molecule has 0 amide bonds. The van der Waals surface area contributed by atoms with Crippen LogP contribution in [0.25, 0.3) is 11.0 Å². The predicted octanol–water partition coefficient (Wildman–Crippen LogP) is 3.34. The van der Waals surface area contributed by atoms with Crippen LogP contribution in [0, 0.1) is 20.8 Å². The maximum atomic E-state index is 11.8. The Kier molecular flexibility index (Phi) is 4.05. The third kappa shape index (κ3) is 3.35. The Morgan fingerprint density at radius 2 is 1.78 bits per heavy atom. The lowest BCUT2D eigenvalue weighted by Crippen LogP contribution is -2.18. The zero-order chi connectivity index (χ0) is 16.6. The molecule has 2 aromatic heterocycles. The zero-order valence-corrected chi connectivity index (χ0v) is 13.8. The van der Waals surface area contributed by atoms with Gasteiger partial charge in [0, 0.05) is 30.6 Å². The highest BCUT2D eigenvalue weighted by molar-refractivity contribution is 5.81. The van der Waals surface area contributed by atoms with E-state index in [1.165, 1.54) is 5.56 Å². The van der Waals surface area contributed by atoms with E-state index in [4.69, 9.17) is 8.94 Å². The van der Waals surface area contributed by atoms with Crippen molar-refractivity contribution in [1.29, 1.82) is 0 Å². The SMILES string of the molecule is Cc1cc(CN(C)Cc2cc(=O)oc3cc(C)c(C)cc23)no1. The van der Waals surface area contributed by atoms with Gasteiger partial charge in [-0.3, -0.25) is 4.90 Å². The number of hydrogen-bond acceptors (Lipinski definition) is 5. The van der Waals surface area contributed by atoms with Gasteiger partial charge in [0.2, 0.25) is 0 Å². The highest BCUT2D eigenvalue weighted by Crippen LogP contribution is 2.22. The van der Waals surface area contributed by atoms with Crippen molar-refractivity contribution in [1.82, 2.24) is 10.1 Å². The fourth-order valence-corrected chi connectivity index (χ4v) is 2.73. The monoisotopic (exact) mass is 312 g/mol. The minimum atomic E-state index is -0.318. The van der Waals surface area contributed by atoms with E-state index in [2.05, 4.69) is 23.0 Å². The van der Waals surface area contributed by atoms with Crippen LogP contribution in [0.1, 0.15) is 28.1 Å². The van der Waals surface area contributed by atoms with Gasteiger partial charge in [-0.05, 0) is 56.6 Å². The molecule has 0 saturated carbocycles. The molecule has 1 aromatic carbocycles. The van der Waals surface area contributed by atoms with Crippen molar-refractivity contribution in [3.05, 3.63) is 62.8 Å². The van der Waals surface area contributed by atoms with E-state index < -0.39 is 0 Å². The number of nitrogens with zero attached hydrogens (tertiary/aromatic N) is 2. The fourth-order valence-electron chi connectivity index (χ4n) is 2.73. The molecule has 3 rings (SSSR count). The maximum absolute atomic E-state index is 11.8. The van der Waals surface area contributed by atoms with Crippen molar-refractivity contribution in [3.63, 3.8) is 0 Å². The molecule has 5 heteroatoms. The molecule has 0 aliphatic carbocycles. The van der Waals surface area contributed by atoms with Gasteiger partial charge < -0.3 is 8.94 Å². The topological polar surface area (TPSA) is 59.5 Å². The van der Waals surface area contributed by atoms with Crippen LogP contribution in [0.4, 0.5) is 0 Å². The standard InChI is InChI=1S/C18H20N2O3/c1-11-5-16-14(8-18(21)22-17(16)6-12(11)2)9-20(4)10-15-7-13(3)23-19-15/h5-8H,9-10H2,1-4H3. The van der Waals surface area contributed by atoms with E-state index in [-0.39, 0.29) is 5.63 Å². The molecule has 0 unspecified atom stereocenters. The molecule has 120 valence electrons. The summed E-state index contributed by atoms with van der Waals surface area (Å²) in [6, 6.07) is 7.50. The summed E-state index contributed by atoms with van der Waals surface area (Å²) in [5, 5.41) is 4.99. The molecule has 3 aromatic rings. The van der Waals surface area contributed by atoms with Crippen LogP contribution in [0.2, 0.25) is 0 Å². The van der Waals surface area contributed by atoms with Gasteiger partial charge in [-0.2, -0.15) is 0 Å². The Morgan fingerprint density at radius 3 is 2.48 bits per heavy atom. The van der Waals surface area contributed by atoms with Gasteiger partial charge in [-0.1, -0.05) is 5.16 Å². The number of rotatable bonds is 4. The summed E-state index contributed by atoms with van der Waals surface area (Å²) >= 11 is 0. The summed E-state index contributed by atoms with van der Waals surface area (Å²) in [7, 11) is 1.99. The van der Waals surface area contributed by atoms with Crippen LogP contribution in [-0.4, -0.2) is 17.1 Å². The number of fused-ring (bicyclic) bond motifs is 1. The van der Waals surface area contributed by atoms with E-state index in [0.717, 1.165) is 28.0 Å². The summed E-state index contributed by atoms with van der Waals surface area (Å²) in [5.74, 6) is 0.797. The molecule has 23 heavy (non-hydrogen) atoms. The molecular formula is C18H20N2O3. The number of aryl methyl sites for hydroxylation is 3. The average molecular weight is 312 g/mol. The summed E-state index contributed by atoms with van der Waals surface area (Å²) in [4.78, 5) is 13.9. The third-order valence-corrected chi connectivity index (χ3v) is 3.99. The first-order chi connectivity index (χ1) is 10.9. The zero-order valence-electron chi connectivity index (χ0n) is 13.8. The van der Waals surface area contributed by atoms with Crippen molar-refractivity contribution in [2.75, 3.05) is 7.05 Å². The molecule has 2 heterocycles. The molecule has 0 spiro atoms. The Bertz CT molecular complexity index is 908. The number of benzene rings is 1. The van der Waals surface area contributed by atoms with E-state index in [1.807, 2.05) is 33.0 Å². The summed E-state index contributed by atoms with van der Waals surface area (Å²) in [5.41, 5.74) is 4.46. The highest BCUT2D eigenvalue weighted by atomic mass is 16.5. The largest absolute Gasteiger partial charge is 0.423 e. The van der Waals surface area contributed by atoms with Gasteiger partial charge in [0.25, 0.3) is 0 Å². The molecule has 0 radical (unpaired) electrons. The minimum absolute atomic E-state index is 0.318. The minimum Gasteiger partial charge on any atom is -0.423 e. The van der Waals surface area contributed by atoms with Crippen molar-refractivity contribution >= 4 is 11.0 Å². The van der Waals surface area contributed by atoms with Crippen molar-refractivity contribution < 1.29 is 8.94 Å². The van der Waals surface area contributed by atoms with Crippen molar-refractivity contribution in [2.45, 2.75) is 33.9 Å². The second-order valence-electron chi connectivity index (χ2n) is 6.12. The van der Waals surface area contributed by atoms with Crippen LogP contribution < -0.4 is 5.63 Å². The number of aromatic nitrogens is 1. The highest BCUT2D eigenvalue weighted by Gasteiger charge is 2.11. The summed E-state index contributed by atoms with van der Waals surface area (Å²) in [6.07, 6.45) is 0. The van der Waals surface area contributed by atoms with Crippen molar-refractivity contribution in [2.24, 2.45) is 0 Å². The van der Waals surface area contributed by atoms with E-state index in [1.54, 1.807) is 6.07 Å². The Labute approximate surface area is 134 Å². The summed E-state index contributed by atoms with van der Waals surface area (Å²) in [6.45, 7) is 7.24. The molecule has 0 atom stereocenters. The molecule has 0 N–H and O–H groups in total. The lowest BCUT2D eigenvalue weighted by Gasteiger charge is -2.16. The molecule has 5 nitrogen and oxygen atoms in total. The molecule has 0 saturated heterocycles. The van der Waals surface area contributed by atoms with Crippen molar-refractivity contribution in [3.8, 4) is 0 Å². The molecule has 0 fully saturated rings. The van der Waals surface area contributed by atoms with E-state index in [0.29, 0.717) is 18.7 Å². The molecular weight excluding hydrogens is 292 g/mol. The number of hydrogen-bond donors (Lipinski definition) is 0. The Hall–Kier alpha value is -2.40. The quantitative estimate of drug-likeness (QED) is 0.692. The lowest BCUT2D eigenvalue weighted by atomic mass is 10.0. The first kappa shape index (κ1) is 15.5. The second kappa shape index (κ2) is 6.01. The Morgan fingerprint density at radius 1 is 1.04 bits per heavy atom. The Balaban J connectivity index is 1.92. The second-order valence-corrected chi connectivity index (χ2v) is 6.12. The third-order valence-electron chi connectivity index (χ3n) is 3.99. The molecule has 0 aliphatic rings. The van der Waals surface area contributed by atoms with Crippen LogP contribution in [0.3, 0.4) is 0 Å². The van der Waals surface area contributed by atoms with Gasteiger partial charge in [-0.25, -0.2) is 4.79 Å². The smallest absolute Gasteiger partial charge is 0.336 e. The van der Waals surface area contributed by atoms with Gasteiger partial charge in [-0.15, -0.1) is 0 Å². The lowest BCUT2D eigenvalue weighted by molar-refractivity contribution is 0.302. The van der Waals surface area contributed by atoms with Gasteiger partial charge >= 0.3 is 5.63 Å². The van der Waals surface area contributed by atoms with Crippen LogP contribution >= 0.6 is 0 Å². The fraction of sp³-hybridized carbons (Fsp3) is 0.333. The first-order valence-corrected chi connectivity index (χ1v) is 7.57. The van der Waals surface area contributed by atoms with Gasteiger partial charge in [0.15, 0.2) is 0 Å². The van der Waals surface area contributed by atoms with Gasteiger partial charge in [0.05, 0.1) is 5.69 Å². The predicted molar refractivity (Wildman–Crippen MR) is 88.4 cm³/mol. The average Bonchev–Trinajstić information content (AvgIpc) is 2.86. The van der Waals surface area contributed by atoms with E-state index in [9.17, 15) is 4.79 Å². The maximum Gasteiger partial charge on any atom is 0.336 e. The molecule has 0 aliphatic heterocycles.